The first-order chi connectivity index (χ1) is 41.4. The molecular weight excluding hydrogens is 669 g/mol. The summed E-state index contributed by atoms with van der Waals surface area (Å²) in [5, 5.41) is -4.28. The molecule has 258 valence electrons. The van der Waals surface area contributed by atoms with E-state index < -0.39 is 305 Å². The van der Waals surface area contributed by atoms with Crippen molar-refractivity contribution in [3.8, 4) is 27.9 Å². The lowest BCUT2D eigenvalue weighted by Gasteiger charge is -2.26. The van der Waals surface area contributed by atoms with E-state index >= 15 is 0 Å². The number of benzene rings is 9. The monoisotopic (exact) mass is 736 g/mol. The Labute approximate surface area is 366 Å². The van der Waals surface area contributed by atoms with E-state index in [2.05, 4.69) is 0 Å². The quantitative estimate of drug-likeness (QED) is 0.169. The maximum Gasteiger partial charge on any atom is 0.136 e. The van der Waals surface area contributed by atoms with Crippen LogP contribution in [0.2, 0.25) is 0 Å². The third-order valence-electron chi connectivity index (χ3n) is 8.45. The minimum Gasteiger partial charge on any atom is -0.456 e. The Bertz CT molecular complexity index is 5090. The van der Waals surface area contributed by atoms with Crippen LogP contribution in [0.1, 0.15) is 46.6 Å². The molecule has 11 rings (SSSR count). The van der Waals surface area contributed by atoms with Crippen LogP contribution in [0.4, 0.5) is 17.1 Å². The average molecular weight is 737 g/mol. The third kappa shape index (κ3) is 5.20. The lowest BCUT2D eigenvalue weighted by Crippen LogP contribution is -2.10. The molecule has 55 heavy (non-hydrogen) atoms. The van der Waals surface area contributed by atoms with Gasteiger partial charge >= 0.3 is 0 Å². The van der Waals surface area contributed by atoms with Gasteiger partial charge in [0.15, 0.2) is 0 Å². The van der Waals surface area contributed by atoms with Gasteiger partial charge in [-0.3, -0.25) is 0 Å². The predicted octanol–water partition coefficient (Wildman–Crippen LogP) is 14.6. The van der Waals surface area contributed by atoms with Crippen LogP contribution in [0.5, 0.6) is 0 Å². The molecule has 2 heterocycles. The van der Waals surface area contributed by atoms with Crippen molar-refractivity contribution < 1.29 is 51.0 Å². The van der Waals surface area contributed by atoms with Gasteiger partial charge in [0.2, 0.25) is 0 Å². The first-order valence-corrected chi connectivity index (χ1v) is 16.0. The van der Waals surface area contributed by atoms with Crippen LogP contribution in [-0.2, 0) is 0 Å². The maximum absolute atomic E-state index is 10.3. The number of hydrogen-bond acceptors (Lipinski definition) is 2. The standard InChI is InChI=1S/C52H34N2O/c1-4-12-35(13-5-1)37-20-25-41(26-21-37)53(43-28-30-45-44-18-10-11-19-48(44)54(49(45)34-43)40-16-8-3-9-17-40)42-27-22-38-24-31-50-52(47(38)33-42)46-29-23-39(32-51(46)55-50)36-14-6-2-7-15-36/h1-34H/i1D,2D,3D,4D,5D,6D,7D,8D,9D,10D,11D,12D,13D,14D,15D,16D,17D,18D,19D,20D,21D,22D,23D,24D,25D,26D,27D,28D,29D,30D,31D,32D,33D,34D. The van der Waals surface area contributed by atoms with Gasteiger partial charge in [-0.05, 0) is 106 Å². The van der Waals surface area contributed by atoms with E-state index in [0.717, 1.165) is 0 Å². The molecule has 0 unspecified atom stereocenters. The van der Waals surface area contributed by atoms with Gasteiger partial charge in [0, 0.05) is 44.3 Å². The van der Waals surface area contributed by atoms with Crippen LogP contribution >= 0.6 is 0 Å². The molecular formula is C52H34N2O. The second-order valence-corrected chi connectivity index (χ2v) is 11.5. The van der Waals surface area contributed by atoms with E-state index in [-0.39, 0.29) is 0 Å². The zero-order valence-corrected chi connectivity index (χ0v) is 27.3. The Morgan fingerprint density at radius 3 is 1.73 bits per heavy atom. The van der Waals surface area contributed by atoms with Crippen LogP contribution in [0.25, 0.3) is 82.5 Å². The van der Waals surface area contributed by atoms with Gasteiger partial charge in [0.25, 0.3) is 0 Å². The number of para-hydroxylation sites is 2. The Hall–Kier alpha value is -7.36. The van der Waals surface area contributed by atoms with Crippen molar-refractivity contribution in [2.45, 2.75) is 0 Å². The van der Waals surface area contributed by atoms with E-state index in [1.54, 1.807) is 0 Å². The molecule has 11 aromatic rings. The van der Waals surface area contributed by atoms with Crippen LogP contribution in [0.15, 0.2) is 210 Å². The van der Waals surface area contributed by atoms with Crippen molar-refractivity contribution in [2.24, 2.45) is 0 Å². The lowest BCUT2D eigenvalue weighted by atomic mass is 10.00. The van der Waals surface area contributed by atoms with Crippen molar-refractivity contribution >= 4 is 71.6 Å². The smallest absolute Gasteiger partial charge is 0.136 e. The lowest BCUT2D eigenvalue weighted by molar-refractivity contribution is 0.669. The molecule has 0 spiro atoms. The highest BCUT2D eigenvalue weighted by molar-refractivity contribution is 6.20. The Kier molecular flexibility index (Phi) is 2.84. The summed E-state index contributed by atoms with van der Waals surface area (Å²) in [5.41, 5.74) is -11.0. The molecule has 0 aliphatic heterocycles. The summed E-state index contributed by atoms with van der Waals surface area (Å²) in [6.45, 7) is 0. The largest absolute Gasteiger partial charge is 0.456 e. The predicted molar refractivity (Wildman–Crippen MR) is 231 cm³/mol. The van der Waals surface area contributed by atoms with E-state index in [1.807, 2.05) is 0 Å². The summed E-state index contributed by atoms with van der Waals surface area (Å²) in [6.07, 6.45) is 0. The summed E-state index contributed by atoms with van der Waals surface area (Å²) in [4.78, 5) is 0.325. The SMILES string of the molecule is [2H]c1c([2H])c([2H])c(-c2c([2H])c([2H])c(N(c3c([2H])c([2H])c4c([2H])c([2H])c5oc6c([2H])c(-c7c([2H])c([2H])c([2H])c([2H])c7[2H])c([2H])c([2H])c6c5c4c3[2H])c3c([2H])c([2H])c4c5c([2H])c([2H])c([2H])c([2H])c5n(-c5c([2H])c([2H])c([2H])c([2H])c5[2H])c4c3[2H])c([2H])c2[2H])c([2H])c1[2H]. The molecule has 2 aromatic heterocycles. The van der Waals surface area contributed by atoms with Gasteiger partial charge in [0.1, 0.15) is 11.2 Å². The van der Waals surface area contributed by atoms with Crippen molar-refractivity contribution in [3.63, 3.8) is 0 Å². The maximum atomic E-state index is 10.3. The average Bonchev–Trinajstić information content (AvgIpc) is 1.55. The topological polar surface area (TPSA) is 21.3 Å². The number of nitrogens with zero attached hydrogens (tertiary/aromatic N) is 2. The molecule has 0 amide bonds. The summed E-state index contributed by atoms with van der Waals surface area (Å²) in [7, 11) is 0. The number of rotatable bonds is 6. The van der Waals surface area contributed by atoms with E-state index in [0.29, 0.717) is 9.47 Å². The Balaban J connectivity index is 1.40. The molecule has 0 saturated heterocycles. The zero-order chi connectivity index (χ0) is 65.9. The summed E-state index contributed by atoms with van der Waals surface area (Å²) < 4.78 is 315. The molecule has 3 heteroatoms. The molecule has 9 aromatic carbocycles. The Morgan fingerprint density at radius 1 is 0.382 bits per heavy atom. The fraction of sp³-hybridized carbons (Fsp3) is 0. The van der Waals surface area contributed by atoms with Gasteiger partial charge in [-0.25, -0.2) is 0 Å². The number of furan rings is 1. The van der Waals surface area contributed by atoms with E-state index in [1.165, 1.54) is 0 Å². The highest BCUT2D eigenvalue weighted by atomic mass is 16.3. The van der Waals surface area contributed by atoms with Crippen LogP contribution in [-0.4, -0.2) is 4.57 Å². The molecule has 0 bridgehead atoms. The molecule has 0 fully saturated rings. The highest BCUT2D eigenvalue weighted by Gasteiger charge is 2.19. The van der Waals surface area contributed by atoms with E-state index in [9.17, 15) is 19.2 Å². The number of hydrogen-bond donors (Lipinski definition) is 0. The minimum atomic E-state index is -1.33. The third-order valence-corrected chi connectivity index (χ3v) is 8.45. The highest BCUT2D eigenvalue weighted by Crippen LogP contribution is 2.43. The molecule has 0 radical (unpaired) electrons. The summed E-state index contributed by atoms with van der Waals surface area (Å²) >= 11 is 0. The summed E-state index contributed by atoms with van der Waals surface area (Å²) in [5.74, 6) is 0. The van der Waals surface area contributed by atoms with Gasteiger partial charge in [-0.15, -0.1) is 0 Å². The van der Waals surface area contributed by atoms with Crippen LogP contribution in [0, 0.1) is 0 Å². The first kappa shape index (κ1) is 12.3. The van der Waals surface area contributed by atoms with Gasteiger partial charge < -0.3 is 13.9 Å². The van der Waals surface area contributed by atoms with Crippen LogP contribution in [0.3, 0.4) is 0 Å². The second kappa shape index (κ2) is 12.6. The van der Waals surface area contributed by atoms with Crippen molar-refractivity contribution in [1.29, 1.82) is 0 Å². The molecule has 0 N–H and O–H groups in total. The number of fused-ring (bicyclic) bond motifs is 8. The number of aromatic nitrogens is 1. The Morgan fingerprint density at radius 2 is 0.945 bits per heavy atom. The van der Waals surface area contributed by atoms with Gasteiger partial charge in [-0.1, -0.05) is 133 Å². The van der Waals surface area contributed by atoms with E-state index in [4.69, 9.17) is 31.8 Å². The van der Waals surface area contributed by atoms with Gasteiger partial charge in [0.05, 0.1) is 57.6 Å². The molecule has 0 saturated carbocycles. The minimum absolute atomic E-state index is 0.325. The van der Waals surface area contributed by atoms with Gasteiger partial charge in [-0.2, -0.15) is 0 Å². The van der Waals surface area contributed by atoms with Crippen LogP contribution < -0.4 is 4.90 Å². The van der Waals surface area contributed by atoms with Crippen molar-refractivity contribution in [2.75, 3.05) is 4.90 Å². The van der Waals surface area contributed by atoms with Crippen molar-refractivity contribution in [1.82, 2.24) is 4.57 Å². The molecule has 0 aliphatic rings. The normalized spacial score (nSPS) is 20.3. The zero-order valence-electron chi connectivity index (χ0n) is 61.3. The fourth-order valence-corrected chi connectivity index (χ4v) is 6.09. The second-order valence-electron chi connectivity index (χ2n) is 11.5. The fourth-order valence-electron chi connectivity index (χ4n) is 6.09. The van der Waals surface area contributed by atoms with Crippen molar-refractivity contribution in [3.05, 3.63) is 205 Å². The molecule has 0 atom stereocenters. The molecule has 0 aliphatic carbocycles. The first-order valence-electron chi connectivity index (χ1n) is 33.0. The number of anilines is 3. The summed E-state index contributed by atoms with van der Waals surface area (Å²) in [6, 6.07) is -35.6. The molecule has 3 nitrogen and oxygen atoms in total.